The Balaban J connectivity index is 2.08. The van der Waals surface area contributed by atoms with Crippen molar-refractivity contribution in [2.75, 3.05) is 0 Å². The summed E-state index contributed by atoms with van der Waals surface area (Å²) < 4.78 is 1.24. The Bertz CT molecular complexity index is 439. The van der Waals surface area contributed by atoms with E-state index in [1.54, 1.807) is 6.20 Å². The minimum Gasteiger partial charge on any atom is -0.322 e. The zero-order valence-corrected chi connectivity index (χ0v) is 11.0. The van der Waals surface area contributed by atoms with Crippen molar-refractivity contribution in [1.82, 2.24) is 4.98 Å². The van der Waals surface area contributed by atoms with E-state index in [0.29, 0.717) is 0 Å². The molecule has 2 nitrogen and oxygen atoms in total. The van der Waals surface area contributed by atoms with Gasteiger partial charge in [-0.2, -0.15) is 0 Å². The van der Waals surface area contributed by atoms with Crippen molar-refractivity contribution in [3.63, 3.8) is 0 Å². The largest absolute Gasteiger partial charge is 0.322 e. The molecule has 0 saturated carbocycles. The van der Waals surface area contributed by atoms with Crippen molar-refractivity contribution in [1.29, 1.82) is 0 Å². The Labute approximate surface area is 109 Å². The van der Waals surface area contributed by atoms with E-state index in [2.05, 4.69) is 51.8 Å². The van der Waals surface area contributed by atoms with Gasteiger partial charge in [-0.1, -0.05) is 18.2 Å². The van der Waals surface area contributed by atoms with E-state index in [4.69, 9.17) is 5.73 Å². The van der Waals surface area contributed by atoms with Gasteiger partial charge < -0.3 is 5.73 Å². The van der Waals surface area contributed by atoms with E-state index in [1.807, 2.05) is 18.2 Å². The summed E-state index contributed by atoms with van der Waals surface area (Å²) in [5, 5.41) is 0. The molecule has 0 radical (unpaired) electrons. The van der Waals surface area contributed by atoms with Gasteiger partial charge in [-0.25, -0.2) is 0 Å². The average molecular weight is 324 g/mol. The van der Waals surface area contributed by atoms with E-state index in [1.165, 1.54) is 9.13 Å². The van der Waals surface area contributed by atoms with Crippen molar-refractivity contribution in [3.8, 4) is 0 Å². The number of nitrogens with two attached hydrogens (primary N) is 1. The molecule has 1 aromatic heterocycles. The van der Waals surface area contributed by atoms with Crippen molar-refractivity contribution in [3.05, 3.63) is 63.5 Å². The quantitative estimate of drug-likeness (QED) is 0.882. The van der Waals surface area contributed by atoms with Gasteiger partial charge in [-0.05, 0) is 58.8 Å². The number of hydrogen-bond donors (Lipinski definition) is 1. The van der Waals surface area contributed by atoms with Crippen LogP contribution >= 0.6 is 22.6 Å². The third kappa shape index (κ3) is 3.02. The van der Waals surface area contributed by atoms with Crippen LogP contribution in [-0.2, 0) is 6.42 Å². The molecule has 2 aromatic rings. The van der Waals surface area contributed by atoms with Crippen molar-refractivity contribution < 1.29 is 0 Å². The molecule has 2 rings (SSSR count). The molecule has 0 aliphatic carbocycles. The highest BCUT2D eigenvalue weighted by atomic mass is 127. The smallest absolute Gasteiger partial charge is 0.0574 e. The first-order valence-corrected chi connectivity index (χ1v) is 6.24. The Morgan fingerprint density at radius 2 is 1.88 bits per heavy atom. The molecule has 0 fully saturated rings. The maximum absolute atomic E-state index is 6.10. The third-order valence-corrected chi connectivity index (χ3v) is 3.16. The fourth-order valence-corrected chi connectivity index (χ4v) is 1.93. The molecule has 1 atom stereocenters. The molecule has 0 bridgehead atoms. The number of rotatable bonds is 3. The average Bonchev–Trinajstić information content (AvgIpc) is 2.33. The second kappa shape index (κ2) is 5.41. The maximum atomic E-state index is 6.10. The Hall–Kier alpha value is -0.940. The van der Waals surface area contributed by atoms with E-state index < -0.39 is 0 Å². The molecule has 3 heteroatoms. The lowest BCUT2D eigenvalue weighted by Crippen LogP contribution is -2.14. The molecule has 16 heavy (non-hydrogen) atoms. The first-order chi connectivity index (χ1) is 7.75. The van der Waals surface area contributed by atoms with E-state index in [9.17, 15) is 0 Å². The summed E-state index contributed by atoms with van der Waals surface area (Å²) in [7, 11) is 0. The Kier molecular flexibility index (Phi) is 3.90. The molecule has 0 aliphatic rings. The van der Waals surface area contributed by atoms with Crippen LogP contribution in [0.1, 0.15) is 17.3 Å². The van der Waals surface area contributed by atoms with Crippen molar-refractivity contribution >= 4 is 22.6 Å². The molecule has 1 heterocycles. The van der Waals surface area contributed by atoms with Crippen LogP contribution in [0.5, 0.6) is 0 Å². The van der Waals surface area contributed by atoms with Gasteiger partial charge in [0.15, 0.2) is 0 Å². The van der Waals surface area contributed by atoms with E-state index in [0.717, 1.165) is 12.1 Å². The Morgan fingerprint density at radius 1 is 1.12 bits per heavy atom. The summed E-state index contributed by atoms with van der Waals surface area (Å²) in [5.74, 6) is 0. The van der Waals surface area contributed by atoms with Gasteiger partial charge in [0.1, 0.15) is 0 Å². The minimum absolute atomic E-state index is 0.0266. The van der Waals surface area contributed by atoms with Crippen LogP contribution in [0.4, 0.5) is 0 Å². The topological polar surface area (TPSA) is 38.9 Å². The van der Waals surface area contributed by atoms with Gasteiger partial charge in [0.25, 0.3) is 0 Å². The fourth-order valence-electron chi connectivity index (χ4n) is 1.57. The molecule has 0 spiro atoms. The molecular formula is C13H13IN2. The van der Waals surface area contributed by atoms with Crippen molar-refractivity contribution in [2.45, 2.75) is 12.5 Å². The SMILES string of the molecule is NC(Cc1ccc(I)cc1)c1ccccn1. The Morgan fingerprint density at radius 3 is 2.50 bits per heavy atom. The van der Waals surface area contributed by atoms with Gasteiger partial charge in [0.05, 0.1) is 11.7 Å². The van der Waals surface area contributed by atoms with E-state index >= 15 is 0 Å². The summed E-state index contributed by atoms with van der Waals surface area (Å²) in [6.45, 7) is 0. The monoisotopic (exact) mass is 324 g/mol. The molecule has 1 unspecified atom stereocenters. The predicted octanol–water partition coefficient (Wildman–Crippen LogP) is 2.93. The molecular weight excluding hydrogens is 311 g/mol. The van der Waals surface area contributed by atoms with Crippen LogP contribution in [0.2, 0.25) is 0 Å². The van der Waals surface area contributed by atoms with E-state index in [-0.39, 0.29) is 6.04 Å². The summed E-state index contributed by atoms with van der Waals surface area (Å²) in [4.78, 5) is 4.27. The van der Waals surface area contributed by atoms with Gasteiger partial charge in [0, 0.05) is 9.77 Å². The second-order valence-electron chi connectivity index (χ2n) is 3.69. The highest BCUT2D eigenvalue weighted by molar-refractivity contribution is 14.1. The fraction of sp³-hybridized carbons (Fsp3) is 0.154. The summed E-state index contributed by atoms with van der Waals surface area (Å²) in [6, 6.07) is 14.2. The molecule has 82 valence electrons. The third-order valence-electron chi connectivity index (χ3n) is 2.44. The number of hydrogen-bond acceptors (Lipinski definition) is 2. The summed E-state index contributed by atoms with van der Waals surface area (Å²) >= 11 is 2.30. The lowest BCUT2D eigenvalue weighted by atomic mass is 10.0. The first-order valence-electron chi connectivity index (χ1n) is 5.16. The summed E-state index contributed by atoms with van der Waals surface area (Å²) in [5.41, 5.74) is 8.29. The molecule has 0 amide bonds. The second-order valence-corrected chi connectivity index (χ2v) is 4.94. The lowest BCUT2D eigenvalue weighted by molar-refractivity contribution is 0.696. The van der Waals surface area contributed by atoms with Gasteiger partial charge in [-0.15, -0.1) is 0 Å². The van der Waals surface area contributed by atoms with Crippen LogP contribution < -0.4 is 5.73 Å². The van der Waals surface area contributed by atoms with Crippen LogP contribution in [0, 0.1) is 3.57 Å². The number of nitrogens with zero attached hydrogens (tertiary/aromatic N) is 1. The number of aromatic nitrogens is 1. The molecule has 2 N–H and O–H groups in total. The number of halogens is 1. The highest BCUT2D eigenvalue weighted by Gasteiger charge is 2.07. The summed E-state index contributed by atoms with van der Waals surface area (Å²) in [6.07, 6.45) is 2.61. The standard InChI is InChI=1S/C13H13IN2/c14-11-6-4-10(5-7-11)9-12(15)13-3-1-2-8-16-13/h1-8,12H,9,15H2. The molecule has 0 saturated heterocycles. The van der Waals surface area contributed by atoms with Gasteiger partial charge in [0.2, 0.25) is 0 Å². The zero-order valence-electron chi connectivity index (χ0n) is 8.81. The molecule has 1 aromatic carbocycles. The van der Waals surface area contributed by atoms with Crippen LogP contribution in [0.25, 0.3) is 0 Å². The van der Waals surface area contributed by atoms with Crippen molar-refractivity contribution in [2.24, 2.45) is 5.73 Å². The zero-order chi connectivity index (χ0) is 11.4. The molecule has 0 aliphatic heterocycles. The van der Waals surface area contributed by atoms with Gasteiger partial charge >= 0.3 is 0 Å². The van der Waals surface area contributed by atoms with Gasteiger partial charge in [-0.3, -0.25) is 4.98 Å². The normalized spacial score (nSPS) is 12.4. The maximum Gasteiger partial charge on any atom is 0.0574 e. The van der Waals surface area contributed by atoms with Crippen LogP contribution in [-0.4, -0.2) is 4.98 Å². The number of pyridine rings is 1. The first kappa shape index (κ1) is 11.5. The van der Waals surface area contributed by atoms with Crippen LogP contribution in [0.15, 0.2) is 48.7 Å². The lowest BCUT2D eigenvalue weighted by Gasteiger charge is -2.10. The van der Waals surface area contributed by atoms with Crippen LogP contribution in [0.3, 0.4) is 0 Å². The number of benzene rings is 1. The predicted molar refractivity (Wildman–Crippen MR) is 74.0 cm³/mol. The minimum atomic E-state index is -0.0266. The highest BCUT2D eigenvalue weighted by Crippen LogP contribution is 2.14.